The van der Waals surface area contributed by atoms with Crippen LogP contribution >= 0.6 is 31.9 Å². The van der Waals surface area contributed by atoms with Gasteiger partial charge in [0.25, 0.3) is 5.91 Å². The third-order valence-corrected chi connectivity index (χ3v) is 4.20. The first-order valence-corrected chi connectivity index (χ1v) is 7.99. The monoisotopic (exact) mass is 411 g/mol. The molecule has 3 nitrogen and oxygen atoms in total. The molecular weight excluding hydrogens is 398 g/mol. The Balaban J connectivity index is 1.94. The van der Waals surface area contributed by atoms with Crippen LogP contribution in [0.2, 0.25) is 0 Å². The Morgan fingerprint density at radius 2 is 1.86 bits per heavy atom. The average molecular weight is 413 g/mol. The molecule has 110 valence electrons. The Kier molecular flexibility index (Phi) is 5.42. The number of nitrogens with one attached hydrogen (secondary N) is 1. The highest BCUT2D eigenvalue weighted by molar-refractivity contribution is 9.11. The maximum absolute atomic E-state index is 11.9. The number of anilines is 1. The second-order valence-corrected chi connectivity index (χ2v) is 6.48. The van der Waals surface area contributed by atoms with E-state index < -0.39 is 0 Å². The van der Waals surface area contributed by atoms with Gasteiger partial charge in [-0.3, -0.25) is 4.79 Å². The molecule has 2 aromatic rings. The van der Waals surface area contributed by atoms with Crippen LogP contribution in [0.5, 0.6) is 5.75 Å². The molecule has 0 atom stereocenters. The van der Waals surface area contributed by atoms with E-state index in [1.54, 1.807) is 0 Å². The van der Waals surface area contributed by atoms with Crippen LogP contribution in [-0.4, -0.2) is 12.5 Å². The van der Waals surface area contributed by atoms with Crippen molar-refractivity contribution in [3.05, 3.63) is 56.5 Å². The van der Waals surface area contributed by atoms with Crippen molar-refractivity contribution in [2.75, 3.05) is 11.9 Å². The van der Waals surface area contributed by atoms with Crippen LogP contribution < -0.4 is 10.1 Å². The van der Waals surface area contributed by atoms with E-state index in [4.69, 9.17) is 4.74 Å². The van der Waals surface area contributed by atoms with Crippen LogP contribution in [0.4, 0.5) is 5.69 Å². The molecule has 2 aromatic carbocycles. The van der Waals surface area contributed by atoms with E-state index in [0.29, 0.717) is 11.4 Å². The number of benzene rings is 2. The molecule has 0 aliphatic heterocycles. The molecule has 1 amide bonds. The molecule has 0 radical (unpaired) electrons. The van der Waals surface area contributed by atoms with Gasteiger partial charge in [-0.05, 0) is 71.2 Å². The minimum atomic E-state index is -0.198. The van der Waals surface area contributed by atoms with E-state index in [0.717, 1.165) is 14.5 Å². The zero-order valence-electron chi connectivity index (χ0n) is 11.7. The number of hydrogen-bond donors (Lipinski definition) is 1. The number of aryl methyl sites for hydroxylation is 2. The summed E-state index contributed by atoms with van der Waals surface area (Å²) in [7, 11) is 0. The van der Waals surface area contributed by atoms with Crippen molar-refractivity contribution in [2.45, 2.75) is 13.8 Å². The van der Waals surface area contributed by atoms with Gasteiger partial charge < -0.3 is 10.1 Å². The Labute approximate surface area is 141 Å². The number of halogens is 2. The van der Waals surface area contributed by atoms with Crippen LogP contribution in [0.25, 0.3) is 0 Å². The van der Waals surface area contributed by atoms with E-state index >= 15 is 0 Å². The Morgan fingerprint density at radius 3 is 2.52 bits per heavy atom. The van der Waals surface area contributed by atoms with Crippen LogP contribution in [0.3, 0.4) is 0 Å². The van der Waals surface area contributed by atoms with Crippen molar-refractivity contribution < 1.29 is 9.53 Å². The minimum Gasteiger partial charge on any atom is -0.484 e. The summed E-state index contributed by atoms with van der Waals surface area (Å²) in [5.74, 6) is 0.499. The summed E-state index contributed by atoms with van der Waals surface area (Å²) in [4.78, 5) is 11.9. The summed E-state index contributed by atoms with van der Waals surface area (Å²) in [6.07, 6.45) is 0. The zero-order valence-corrected chi connectivity index (χ0v) is 14.9. The van der Waals surface area contributed by atoms with Crippen LogP contribution in [0.15, 0.2) is 45.3 Å². The second kappa shape index (κ2) is 7.09. The number of rotatable bonds is 4. The van der Waals surface area contributed by atoms with E-state index in [-0.39, 0.29) is 12.5 Å². The molecule has 0 heterocycles. The highest BCUT2D eigenvalue weighted by Gasteiger charge is 2.07. The predicted octanol–water partition coefficient (Wildman–Crippen LogP) is 4.85. The third-order valence-electron chi connectivity index (χ3n) is 3.05. The highest BCUT2D eigenvalue weighted by atomic mass is 79.9. The molecule has 0 unspecified atom stereocenters. The Morgan fingerprint density at radius 1 is 1.10 bits per heavy atom. The summed E-state index contributed by atoms with van der Waals surface area (Å²) in [6.45, 7) is 4.03. The molecule has 0 aliphatic carbocycles. The molecule has 21 heavy (non-hydrogen) atoms. The van der Waals surface area contributed by atoms with Gasteiger partial charge >= 0.3 is 0 Å². The molecule has 5 heteroatoms. The lowest BCUT2D eigenvalue weighted by atomic mass is 10.1. The van der Waals surface area contributed by atoms with Gasteiger partial charge in [0.15, 0.2) is 6.61 Å². The maximum atomic E-state index is 11.9. The third kappa shape index (κ3) is 4.58. The van der Waals surface area contributed by atoms with Gasteiger partial charge in [0.1, 0.15) is 5.75 Å². The van der Waals surface area contributed by atoms with Crippen LogP contribution in [0.1, 0.15) is 11.1 Å². The minimum absolute atomic E-state index is 0.0228. The lowest BCUT2D eigenvalue weighted by Crippen LogP contribution is -2.20. The molecule has 0 saturated carbocycles. The molecule has 1 N–H and O–H groups in total. The Bertz CT molecular complexity index is 671. The van der Waals surface area contributed by atoms with Gasteiger partial charge in [0, 0.05) is 8.95 Å². The highest BCUT2D eigenvalue weighted by Crippen LogP contribution is 2.26. The summed E-state index contributed by atoms with van der Waals surface area (Å²) in [5, 5.41) is 2.80. The SMILES string of the molecule is Cc1ccc(OCC(=O)Nc2ccc(Br)cc2Br)cc1C. The van der Waals surface area contributed by atoms with E-state index in [9.17, 15) is 4.79 Å². The molecular formula is C16H15Br2NO2. The van der Waals surface area contributed by atoms with Crippen molar-refractivity contribution in [3.8, 4) is 5.75 Å². The van der Waals surface area contributed by atoms with Crippen molar-refractivity contribution >= 4 is 43.5 Å². The van der Waals surface area contributed by atoms with Gasteiger partial charge in [-0.1, -0.05) is 22.0 Å². The van der Waals surface area contributed by atoms with Gasteiger partial charge in [0.2, 0.25) is 0 Å². The van der Waals surface area contributed by atoms with Gasteiger partial charge in [-0.15, -0.1) is 0 Å². The Hall–Kier alpha value is -1.33. The normalized spacial score (nSPS) is 10.3. The fourth-order valence-electron chi connectivity index (χ4n) is 1.73. The molecule has 0 aromatic heterocycles. The summed E-state index contributed by atoms with van der Waals surface area (Å²) in [5.41, 5.74) is 3.06. The first-order chi connectivity index (χ1) is 9.95. The van der Waals surface area contributed by atoms with Crippen molar-refractivity contribution in [3.63, 3.8) is 0 Å². The fourth-order valence-corrected chi connectivity index (χ4v) is 2.88. The first-order valence-electron chi connectivity index (χ1n) is 6.40. The van der Waals surface area contributed by atoms with Crippen molar-refractivity contribution in [1.29, 1.82) is 0 Å². The van der Waals surface area contributed by atoms with Gasteiger partial charge in [-0.2, -0.15) is 0 Å². The summed E-state index contributed by atoms with van der Waals surface area (Å²) < 4.78 is 7.26. The first kappa shape index (κ1) is 16.0. The fraction of sp³-hybridized carbons (Fsp3) is 0.188. The van der Waals surface area contributed by atoms with Crippen molar-refractivity contribution in [1.82, 2.24) is 0 Å². The van der Waals surface area contributed by atoms with Crippen LogP contribution in [-0.2, 0) is 4.79 Å². The number of hydrogen-bond acceptors (Lipinski definition) is 2. The lowest BCUT2D eigenvalue weighted by molar-refractivity contribution is -0.118. The topological polar surface area (TPSA) is 38.3 Å². The quantitative estimate of drug-likeness (QED) is 0.779. The number of ether oxygens (including phenoxy) is 1. The average Bonchev–Trinajstić information content (AvgIpc) is 2.43. The molecule has 0 aliphatic rings. The van der Waals surface area contributed by atoms with Gasteiger partial charge in [0.05, 0.1) is 5.69 Å². The zero-order chi connectivity index (χ0) is 15.4. The smallest absolute Gasteiger partial charge is 0.262 e. The molecule has 2 rings (SSSR count). The largest absolute Gasteiger partial charge is 0.484 e. The van der Waals surface area contributed by atoms with Crippen LogP contribution in [0, 0.1) is 13.8 Å². The number of amides is 1. The second-order valence-electron chi connectivity index (χ2n) is 4.71. The predicted molar refractivity (Wildman–Crippen MR) is 91.9 cm³/mol. The lowest BCUT2D eigenvalue weighted by Gasteiger charge is -2.10. The van der Waals surface area contributed by atoms with E-state index in [2.05, 4.69) is 37.2 Å². The van der Waals surface area contributed by atoms with Gasteiger partial charge in [-0.25, -0.2) is 0 Å². The number of carbonyl (C=O) groups excluding carboxylic acids is 1. The maximum Gasteiger partial charge on any atom is 0.262 e. The van der Waals surface area contributed by atoms with E-state index in [1.165, 1.54) is 5.56 Å². The van der Waals surface area contributed by atoms with E-state index in [1.807, 2.05) is 50.2 Å². The van der Waals surface area contributed by atoms with Crippen molar-refractivity contribution in [2.24, 2.45) is 0 Å². The summed E-state index contributed by atoms with van der Waals surface area (Å²) >= 11 is 6.77. The summed E-state index contributed by atoms with van der Waals surface area (Å²) in [6, 6.07) is 11.3. The molecule has 0 saturated heterocycles. The standard InChI is InChI=1S/C16H15Br2NO2/c1-10-3-5-13(7-11(10)2)21-9-16(20)19-15-6-4-12(17)8-14(15)18/h3-8H,9H2,1-2H3,(H,19,20). The molecule has 0 spiro atoms. The number of carbonyl (C=O) groups is 1. The molecule has 0 fully saturated rings. The molecule has 0 bridgehead atoms.